The second-order valence-corrected chi connectivity index (χ2v) is 4.40. The van der Waals surface area contributed by atoms with Crippen molar-refractivity contribution in [3.8, 4) is 5.75 Å². The third-order valence-electron chi connectivity index (χ3n) is 2.51. The van der Waals surface area contributed by atoms with Gasteiger partial charge in [0.15, 0.2) is 0 Å². The summed E-state index contributed by atoms with van der Waals surface area (Å²) < 4.78 is 5.07. The van der Waals surface area contributed by atoms with Gasteiger partial charge in [-0.15, -0.1) is 0 Å². The molecular formula is C14H13ClN2O2. The van der Waals surface area contributed by atoms with Crippen LogP contribution in [0.4, 0.5) is 11.4 Å². The molecule has 0 spiro atoms. The summed E-state index contributed by atoms with van der Waals surface area (Å²) in [6.07, 6.45) is 0. The van der Waals surface area contributed by atoms with Crippen molar-refractivity contribution in [2.24, 2.45) is 0 Å². The number of hydrogen-bond donors (Lipinski definition) is 2. The maximum absolute atomic E-state index is 12.1. The van der Waals surface area contributed by atoms with Gasteiger partial charge in [-0.05, 0) is 36.4 Å². The van der Waals surface area contributed by atoms with E-state index in [0.29, 0.717) is 27.7 Å². The second kappa shape index (κ2) is 5.63. The predicted octanol–water partition coefficient (Wildman–Crippen LogP) is 3.18. The molecule has 0 aromatic heterocycles. The van der Waals surface area contributed by atoms with Crippen LogP contribution in [0.2, 0.25) is 5.02 Å². The molecule has 0 aliphatic rings. The molecule has 0 heterocycles. The number of nitrogens with two attached hydrogens (primary N) is 1. The van der Waals surface area contributed by atoms with Gasteiger partial charge in [-0.2, -0.15) is 0 Å². The van der Waals surface area contributed by atoms with Crippen LogP contribution in [0.15, 0.2) is 42.5 Å². The number of nitrogen functional groups attached to an aromatic ring is 1. The largest absolute Gasteiger partial charge is 0.497 e. The van der Waals surface area contributed by atoms with Gasteiger partial charge in [-0.25, -0.2) is 0 Å². The zero-order valence-corrected chi connectivity index (χ0v) is 11.1. The van der Waals surface area contributed by atoms with Crippen molar-refractivity contribution in [3.63, 3.8) is 0 Å². The number of benzene rings is 2. The number of hydrogen-bond acceptors (Lipinski definition) is 3. The second-order valence-electron chi connectivity index (χ2n) is 3.96. The first kappa shape index (κ1) is 13.2. The van der Waals surface area contributed by atoms with Crippen LogP contribution >= 0.6 is 11.6 Å². The van der Waals surface area contributed by atoms with E-state index in [1.807, 2.05) is 0 Å². The molecule has 4 nitrogen and oxygen atoms in total. The highest BCUT2D eigenvalue weighted by atomic mass is 35.5. The van der Waals surface area contributed by atoms with E-state index < -0.39 is 0 Å². The van der Waals surface area contributed by atoms with E-state index in [1.54, 1.807) is 42.5 Å². The smallest absolute Gasteiger partial charge is 0.255 e. The van der Waals surface area contributed by atoms with Crippen LogP contribution in [0, 0.1) is 0 Å². The molecule has 0 unspecified atom stereocenters. The molecule has 19 heavy (non-hydrogen) atoms. The van der Waals surface area contributed by atoms with E-state index in [1.165, 1.54) is 7.11 Å². The lowest BCUT2D eigenvalue weighted by Crippen LogP contribution is -2.12. The summed E-state index contributed by atoms with van der Waals surface area (Å²) in [7, 11) is 1.52. The van der Waals surface area contributed by atoms with Gasteiger partial charge in [0.05, 0.1) is 7.11 Å². The van der Waals surface area contributed by atoms with Crippen molar-refractivity contribution in [1.82, 2.24) is 0 Å². The van der Waals surface area contributed by atoms with Gasteiger partial charge >= 0.3 is 0 Å². The number of amides is 1. The van der Waals surface area contributed by atoms with Crippen LogP contribution in [-0.4, -0.2) is 13.0 Å². The molecule has 0 fully saturated rings. The fourth-order valence-corrected chi connectivity index (χ4v) is 1.86. The first-order valence-corrected chi connectivity index (χ1v) is 5.98. The first-order chi connectivity index (χ1) is 9.08. The van der Waals surface area contributed by atoms with E-state index >= 15 is 0 Å². The average molecular weight is 277 g/mol. The number of anilines is 2. The maximum Gasteiger partial charge on any atom is 0.255 e. The molecule has 98 valence electrons. The number of methoxy groups -OCH3 is 1. The zero-order chi connectivity index (χ0) is 13.8. The molecule has 2 aromatic rings. The summed E-state index contributed by atoms with van der Waals surface area (Å²) in [5.74, 6) is 0.261. The molecule has 3 N–H and O–H groups in total. The molecule has 0 aliphatic carbocycles. The monoisotopic (exact) mass is 276 g/mol. The van der Waals surface area contributed by atoms with Gasteiger partial charge in [-0.3, -0.25) is 4.79 Å². The Balaban J connectivity index is 2.22. The van der Waals surface area contributed by atoms with E-state index in [4.69, 9.17) is 22.1 Å². The number of rotatable bonds is 3. The Bertz CT molecular complexity index is 614. The molecule has 2 rings (SSSR count). The van der Waals surface area contributed by atoms with Crippen molar-refractivity contribution >= 4 is 28.9 Å². The number of carbonyl (C=O) groups excluding carboxylic acids is 1. The quantitative estimate of drug-likeness (QED) is 0.846. The number of halogens is 1. The predicted molar refractivity (Wildman–Crippen MR) is 76.8 cm³/mol. The molecule has 5 heteroatoms. The molecule has 0 saturated carbocycles. The summed E-state index contributed by atoms with van der Waals surface area (Å²) in [5, 5.41) is 3.19. The fourth-order valence-electron chi connectivity index (χ4n) is 1.63. The van der Waals surface area contributed by atoms with Crippen LogP contribution in [0.3, 0.4) is 0 Å². The van der Waals surface area contributed by atoms with E-state index in [-0.39, 0.29) is 5.91 Å². The van der Waals surface area contributed by atoms with Gasteiger partial charge in [-0.1, -0.05) is 17.7 Å². The summed E-state index contributed by atoms with van der Waals surface area (Å²) in [5.41, 5.74) is 7.29. The van der Waals surface area contributed by atoms with Crippen LogP contribution in [0.5, 0.6) is 5.75 Å². The lowest BCUT2D eigenvalue weighted by Gasteiger charge is -2.08. The number of carbonyl (C=O) groups is 1. The lowest BCUT2D eigenvalue weighted by molar-refractivity contribution is 0.102. The van der Waals surface area contributed by atoms with Crippen molar-refractivity contribution in [2.45, 2.75) is 0 Å². The molecule has 1 amide bonds. The van der Waals surface area contributed by atoms with Crippen molar-refractivity contribution in [1.29, 1.82) is 0 Å². The molecular weight excluding hydrogens is 264 g/mol. The van der Waals surface area contributed by atoms with E-state index in [2.05, 4.69) is 5.32 Å². The Hall–Kier alpha value is -2.20. The zero-order valence-electron chi connectivity index (χ0n) is 10.3. The number of nitrogens with one attached hydrogen (secondary N) is 1. The molecule has 0 saturated heterocycles. The normalized spacial score (nSPS) is 10.0. The van der Waals surface area contributed by atoms with Crippen LogP contribution < -0.4 is 15.8 Å². The van der Waals surface area contributed by atoms with Crippen molar-refractivity contribution < 1.29 is 9.53 Å². The number of ether oxygens (including phenoxy) is 1. The van der Waals surface area contributed by atoms with Crippen LogP contribution in [-0.2, 0) is 0 Å². The van der Waals surface area contributed by atoms with Gasteiger partial charge in [0.25, 0.3) is 5.91 Å². The Morgan fingerprint density at radius 3 is 2.74 bits per heavy atom. The van der Waals surface area contributed by atoms with Gasteiger partial charge in [0.2, 0.25) is 0 Å². The van der Waals surface area contributed by atoms with Gasteiger partial charge in [0, 0.05) is 22.0 Å². The Morgan fingerprint density at radius 1 is 1.26 bits per heavy atom. The highest BCUT2D eigenvalue weighted by Gasteiger charge is 2.09. The minimum Gasteiger partial charge on any atom is -0.497 e. The highest BCUT2D eigenvalue weighted by molar-refractivity contribution is 6.31. The standard InChI is InChI=1S/C14H13ClN2O2/c1-19-13-6-9(5-10(15)7-13)14(18)17-12-4-2-3-11(16)8-12/h2-8H,16H2,1H3,(H,17,18). The molecule has 0 bridgehead atoms. The molecule has 0 radical (unpaired) electrons. The first-order valence-electron chi connectivity index (χ1n) is 5.60. The lowest BCUT2D eigenvalue weighted by atomic mass is 10.2. The van der Waals surface area contributed by atoms with Crippen molar-refractivity contribution in [2.75, 3.05) is 18.2 Å². The Kier molecular flexibility index (Phi) is 3.92. The van der Waals surface area contributed by atoms with Gasteiger partial charge in [0.1, 0.15) is 5.75 Å². The minimum absolute atomic E-state index is 0.272. The topological polar surface area (TPSA) is 64.3 Å². The average Bonchev–Trinajstić information content (AvgIpc) is 2.38. The third-order valence-corrected chi connectivity index (χ3v) is 2.73. The fraction of sp³-hybridized carbons (Fsp3) is 0.0714. The summed E-state index contributed by atoms with van der Waals surface area (Å²) in [6.45, 7) is 0. The maximum atomic E-state index is 12.1. The molecule has 2 aromatic carbocycles. The summed E-state index contributed by atoms with van der Waals surface area (Å²) >= 11 is 5.92. The van der Waals surface area contributed by atoms with Crippen LogP contribution in [0.25, 0.3) is 0 Å². The minimum atomic E-state index is -0.272. The Labute approximate surface area is 116 Å². The van der Waals surface area contributed by atoms with E-state index in [9.17, 15) is 4.79 Å². The summed E-state index contributed by atoms with van der Waals surface area (Å²) in [6, 6.07) is 11.8. The van der Waals surface area contributed by atoms with Crippen LogP contribution in [0.1, 0.15) is 10.4 Å². The highest BCUT2D eigenvalue weighted by Crippen LogP contribution is 2.22. The summed E-state index contributed by atoms with van der Waals surface area (Å²) in [4.78, 5) is 12.1. The molecule has 0 atom stereocenters. The van der Waals surface area contributed by atoms with E-state index in [0.717, 1.165) is 0 Å². The SMILES string of the molecule is COc1cc(Cl)cc(C(=O)Nc2cccc(N)c2)c1. The molecule has 0 aliphatic heterocycles. The third kappa shape index (κ3) is 3.39. The van der Waals surface area contributed by atoms with Crippen molar-refractivity contribution in [3.05, 3.63) is 53.1 Å². The Morgan fingerprint density at radius 2 is 2.05 bits per heavy atom. The van der Waals surface area contributed by atoms with Gasteiger partial charge < -0.3 is 15.8 Å².